The molecule has 4 heterocycles. The number of rotatable bonds is 38. The van der Waals surface area contributed by atoms with Gasteiger partial charge in [-0.3, -0.25) is 0 Å². The molecule has 0 amide bonds. The number of fused-ring (bicyclic) bond motifs is 4. The molecule has 0 unspecified atom stereocenters. The fourth-order valence-corrected chi connectivity index (χ4v) is 14.4. The van der Waals surface area contributed by atoms with E-state index in [1.165, 1.54) is 276 Å². The first kappa shape index (κ1) is 65.1. The van der Waals surface area contributed by atoms with Crippen molar-refractivity contribution in [2.24, 2.45) is 0 Å². The van der Waals surface area contributed by atoms with Crippen molar-refractivity contribution in [1.82, 2.24) is 0 Å². The average Bonchev–Trinajstić information content (AvgIpc) is 1.77. The van der Waals surface area contributed by atoms with E-state index in [0.717, 1.165) is 24.6 Å². The van der Waals surface area contributed by atoms with Gasteiger partial charge < -0.3 is 19.3 Å². The molecule has 4 aromatic rings. The molecule has 4 heteroatoms. The Morgan fingerprint density at radius 3 is 0.890 bits per heavy atom. The van der Waals surface area contributed by atoms with Gasteiger partial charge in [0.15, 0.2) is 0 Å². The summed E-state index contributed by atoms with van der Waals surface area (Å²) in [5, 5.41) is 0. The molecular weight excluding hydrogens is 997 g/mol. The molecule has 0 aromatic heterocycles. The maximum Gasteiger partial charge on any atom is 0.212 e. The summed E-state index contributed by atoms with van der Waals surface area (Å²) >= 11 is 0. The third kappa shape index (κ3) is 17.4. The van der Waals surface area contributed by atoms with E-state index >= 15 is 0 Å². The lowest BCUT2D eigenvalue weighted by atomic mass is 9.76. The number of ether oxygens (including phenoxy) is 2. The van der Waals surface area contributed by atoms with Crippen molar-refractivity contribution in [3.63, 3.8) is 0 Å². The predicted octanol–water partition coefficient (Wildman–Crippen LogP) is 23.9. The van der Waals surface area contributed by atoms with Crippen molar-refractivity contribution in [1.29, 1.82) is 0 Å². The van der Waals surface area contributed by atoms with E-state index in [0.29, 0.717) is 0 Å². The number of nitrogens with zero attached hydrogens (tertiary/aromatic N) is 2. The molecule has 0 saturated heterocycles. The summed E-state index contributed by atoms with van der Waals surface area (Å²) in [5.74, 6) is 2.00. The Kier molecular flexibility index (Phi) is 26.9. The molecule has 82 heavy (non-hydrogen) atoms. The summed E-state index contributed by atoms with van der Waals surface area (Å²) < 4.78 is 13.9. The normalized spacial score (nSPS) is 18.5. The van der Waals surface area contributed by atoms with E-state index in [9.17, 15) is 0 Å². The van der Waals surface area contributed by atoms with Crippen LogP contribution in [0.15, 0.2) is 97.1 Å². The average molecular weight is 1120 g/mol. The Morgan fingerprint density at radius 2 is 0.598 bits per heavy atom. The Bertz CT molecular complexity index is 2520. The predicted molar refractivity (Wildman–Crippen MR) is 358 cm³/mol. The summed E-state index contributed by atoms with van der Waals surface area (Å²) in [7, 11) is 0. The lowest BCUT2D eigenvalue weighted by Crippen LogP contribution is -2.59. The van der Waals surface area contributed by atoms with Crippen LogP contribution in [0.1, 0.15) is 306 Å². The van der Waals surface area contributed by atoms with Crippen molar-refractivity contribution >= 4 is 23.5 Å². The highest BCUT2D eigenvalue weighted by Gasteiger charge is 2.60. The fourth-order valence-electron chi connectivity index (χ4n) is 14.4. The Balaban J connectivity index is 0.000000237. The van der Waals surface area contributed by atoms with Gasteiger partial charge in [0.1, 0.15) is 11.5 Å². The third-order valence-electron chi connectivity index (χ3n) is 19.6. The standard InChI is InChI=1S/C41H63NO.C37H55NO/c1-5-6-7-8-9-10-11-12-13-14-15-16-17-18-19-20-21-22-23-26-33-42-38-28-25-24-27-37(38)40(3,4)41(42)32-31-36-34-35(2)29-30-39(36)43-41;1-5-6-7-8-9-10-11-12-13-14-15-16-17-18-19-22-29-38-34-24-21-20-23-33(34)36(3,4)37(38)28-27-32-30-31(2)25-26-35(32)39-37/h24-25,27-32,34H,5-23,26,33H2,1-4H3;20-21,23-28,30H,5-19,22,29H2,1-4H3/t41-;37-/m11/s1. The first-order chi connectivity index (χ1) is 40.0. The smallest absolute Gasteiger partial charge is 0.212 e. The second kappa shape index (κ2) is 33.9. The highest BCUT2D eigenvalue weighted by atomic mass is 16.5. The molecule has 4 aromatic carbocycles. The molecular formula is C78H118N2O2. The summed E-state index contributed by atoms with van der Waals surface area (Å²) in [6.07, 6.45) is 60.0. The lowest BCUT2D eigenvalue weighted by Gasteiger charge is -2.47. The first-order valence-electron chi connectivity index (χ1n) is 34.7. The van der Waals surface area contributed by atoms with Crippen LogP contribution in [-0.2, 0) is 10.8 Å². The molecule has 0 fully saturated rings. The van der Waals surface area contributed by atoms with Crippen LogP contribution in [0.25, 0.3) is 12.2 Å². The van der Waals surface area contributed by atoms with Crippen LogP contribution < -0.4 is 19.3 Å². The summed E-state index contributed by atoms with van der Waals surface area (Å²) in [6, 6.07) is 31.0. The highest BCUT2D eigenvalue weighted by molar-refractivity contribution is 5.74. The van der Waals surface area contributed by atoms with E-state index in [-0.39, 0.29) is 10.8 Å². The van der Waals surface area contributed by atoms with Gasteiger partial charge in [0.2, 0.25) is 11.4 Å². The van der Waals surface area contributed by atoms with E-state index < -0.39 is 11.4 Å². The lowest BCUT2D eigenvalue weighted by molar-refractivity contribution is 0.0531. The summed E-state index contributed by atoms with van der Waals surface area (Å²) in [6.45, 7) is 20.4. The van der Waals surface area contributed by atoms with Crippen LogP contribution >= 0.6 is 0 Å². The van der Waals surface area contributed by atoms with Crippen LogP contribution in [0.5, 0.6) is 11.5 Å². The van der Waals surface area contributed by atoms with Crippen molar-refractivity contribution in [2.75, 3.05) is 22.9 Å². The SMILES string of the molecule is CCCCCCCCCCCCCCCCCCCCCCN1c2ccccc2C(C)(C)[C@]12C=Cc1cc(C)ccc1O2.CCCCCCCCCCCCCCCCCCN1c2ccccc2C(C)(C)[C@]12C=Cc1cc(C)ccc1O2. The van der Waals surface area contributed by atoms with Crippen LogP contribution in [0, 0.1) is 13.8 Å². The molecule has 0 saturated carbocycles. The number of para-hydroxylation sites is 2. The minimum atomic E-state index is -0.479. The Labute approximate surface area is 504 Å². The topological polar surface area (TPSA) is 24.9 Å². The van der Waals surface area contributed by atoms with Gasteiger partial charge >= 0.3 is 0 Å². The van der Waals surface area contributed by atoms with E-state index in [1.807, 2.05) is 0 Å². The zero-order valence-corrected chi connectivity index (χ0v) is 54.0. The highest BCUT2D eigenvalue weighted by Crippen LogP contribution is 2.56. The van der Waals surface area contributed by atoms with Crippen molar-refractivity contribution in [2.45, 2.75) is 309 Å². The van der Waals surface area contributed by atoms with Crippen LogP contribution in [0.2, 0.25) is 0 Å². The number of benzene rings is 4. The first-order valence-corrected chi connectivity index (χ1v) is 34.7. The Hall–Kier alpha value is -4.44. The molecule has 8 rings (SSSR count). The number of aryl methyl sites for hydroxylation is 2. The van der Waals surface area contributed by atoms with Gasteiger partial charge in [0, 0.05) is 35.6 Å². The molecule has 4 aliphatic heterocycles. The van der Waals surface area contributed by atoms with Crippen LogP contribution in [-0.4, -0.2) is 24.5 Å². The van der Waals surface area contributed by atoms with Crippen molar-refractivity contribution in [3.05, 3.63) is 130 Å². The molecule has 2 spiro atoms. The second-order valence-corrected chi connectivity index (χ2v) is 27.0. The fraction of sp³-hybridized carbons (Fsp3) is 0.641. The molecule has 4 aliphatic rings. The van der Waals surface area contributed by atoms with Gasteiger partial charge in [-0.1, -0.05) is 292 Å². The molecule has 2 atom stereocenters. The van der Waals surface area contributed by atoms with Gasteiger partial charge in [-0.2, -0.15) is 0 Å². The quantitative estimate of drug-likeness (QED) is 0.0418. The monoisotopic (exact) mass is 1110 g/mol. The number of hydrogen-bond acceptors (Lipinski definition) is 4. The van der Waals surface area contributed by atoms with E-state index in [1.54, 1.807) is 0 Å². The van der Waals surface area contributed by atoms with E-state index in [4.69, 9.17) is 9.47 Å². The van der Waals surface area contributed by atoms with E-state index in [2.05, 4.69) is 174 Å². The zero-order valence-electron chi connectivity index (χ0n) is 54.0. The molecule has 0 radical (unpaired) electrons. The van der Waals surface area contributed by atoms with Gasteiger partial charge in [-0.05, 0) is 126 Å². The maximum atomic E-state index is 6.98. The molecule has 0 N–H and O–H groups in total. The van der Waals surface area contributed by atoms with Gasteiger partial charge in [0.05, 0.1) is 10.8 Å². The molecule has 0 aliphatic carbocycles. The maximum absolute atomic E-state index is 6.98. The molecule has 4 nitrogen and oxygen atoms in total. The summed E-state index contributed by atoms with van der Waals surface area (Å²) in [5.41, 5.74) is 9.15. The van der Waals surface area contributed by atoms with Crippen LogP contribution in [0.4, 0.5) is 11.4 Å². The minimum Gasteiger partial charge on any atom is -0.463 e. The zero-order chi connectivity index (χ0) is 57.9. The third-order valence-corrected chi connectivity index (χ3v) is 19.6. The second-order valence-electron chi connectivity index (χ2n) is 27.0. The number of anilines is 2. The molecule has 0 bridgehead atoms. The van der Waals surface area contributed by atoms with Gasteiger partial charge in [0.25, 0.3) is 0 Å². The largest absolute Gasteiger partial charge is 0.463 e. The molecule has 452 valence electrons. The summed E-state index contributed by atoms with van der Waals surface area (Å²) in [4.78, 5) is 5.13. The Morgan fingerprint density at radius 1 is 0.329 bits per heavy atom. The van der Waals surface area contributed by atoms with Crippen molar-refractivity contribution < 1.29 is 9.47 Å². The van der Waals surface area contributed by atoms with Gasteiger partial charge in [-0.15, -0.1) is 0 Å². The van der Waals surface area contributed by atoms with Crippen molar-refractivity contribution in [3.8, 4) is 11.5 Å². The van der Waals surface area contributed by atoms with Crippen LogP contribution in [0.3, 0.4) is 0 Å². The minimum absolute atomic E-state index is 0.141. The van der Waals surface area contributed by atoms with Gasteiger partial charge in [-0.25, -0.2) is 0 Å². The number of unbranched alkanes of at least 4 members (excludes halogenated alkanes) is 34. The number of hydrogen-bond donors (Lipinski definition) is 0.